The number of nitrogens with zero attached hydrogens (tertiary/aromatic N) is 8. The summed E-state index contributed by atoms with van der Waals surface area (Å²) >= 11 is 0. The van der Waals surface area contributed by atoms with Gasteiger partial charge in [0.05, 0.1) is 38.9 Å². The first kappa shape index (κ1) is 113. The van der Waals surface area contributed by atoms with Crippen molar-refractivity contribution in [3.63, 3.8) is 0 Å². The van der Waals surface area contributed by atoms with Gasteiger partial charge in [-0.3, -0.25) is 39.3 Å². The van der Waals surface area contributed by atoms with Crippen molar-refractivity contribution >= 4 is 94.9 Å². The molecule has 1 unspecified atom stereocenters. The molecule has 0 saturated carbocycles. The zero-order valence-corrected chi connectivity index (χ0v) is 87.0. The van der Waals surface area contributed by atoms with Crippen LogP contribution in [-0.4, -0.2) is 102 Å². The van der Waals surface area contributed by atoms with E-state index in [1.165, 1.54) is 71.3 Å². The molecule has 1 aliphatic rings. The molecule has 135 heavy (non-hydrogen) atoms. The Morgan fingerprint density at radius 1 is 0.319 bits per heavy atom. The minimum absolute atomic E-state index is 0. The fourth-order valence-electron chi connectivity index (χ4n) is 12.2. The van der Waals surface area contributed by atoms with Crippen LogP contribution in [0.1, 0.15) is 89.2 Å². The van der Waals surface area contributed by atoms with Crippen LogP contribution in [0.5, 0.6) is 0 Å². The molecule has 5 radical (unpaired) electrons. The number of ketones is 2. The summed E-state index contributed by atoms with van der Waals surface area (Å²) in [5.41, 5.74) is 15.3. The van der Waals surface area contributed by atoms with Crippen molar-refractivity contribution in [1.29, 1.82) is 0 Å². The Balaban J connectivity index is 0.000000267. The van der Waals surface area contributed by atoms with Gasteiger partial charge in [0.1, 0.15) is 17.1 Å². The van der Waals surface area contributed by atoms with Gasteiger partial charge in [-0.15, -0.1) is 186 Å². The molecule has 19 rings (SSSR count). The van der Waals surface area contributed by atoms with Crippen molar-refractivity contribution in [3.05, 3.63) is 435 Å². The third-order valence-corrected chi connectivity index (χ3v) is 19.1. The number of pyridine rings is 7. The van der Waals surface area contributed by atoms with Crippen LogP contribution in [0.3, 0.4) is 0 Å². The molecule has 0 bridgehead atoms. The molecule has 1 atom stereocenters. The third kappa shape index (κ3) is 37.5. The fraction of sp³-hybridized carbons (Fsp3) is 0.125. The van der Waals surface area contributed by atoms with E-state index in [0.717, 1.165) is 109 Å². The summed E-state index contributed by atoms with van der Waals surface area (Å²) in [6.07, 6.45) is 5.62. The summed E-state index contributed by atoms with van der Waals surface area (Å²) < 4.78 is 0. The van der Waals surface area contributed by atoms with E-state index in [9.17, 15) is 29.1 Å². The van der Waals surface area contributed by atoms with Gasteiger partial charge in [-0.2, -0.15) is 0 Å². The van der Waals surface area contributed by atoms with E-state index in [0.29, 0.717) is 5.52 Å². The SMILES string of the molecule is CC(=O)C=C(C)O.CC(C)(C)C(=O)C=C(O)C(C)(C)C.O=C(O)C1CCC[N-]1.O=C(O)c1ccc2ccccc2n1.O=C(O)c1ccccn1.[Ir].[Ir].[Ir].[Ir].[Ir].[c-]1ccccc1-c1ccc2ccccc2n1.[c-]1ccccc1-c1ccc2ccccc2n1.[c-]1ccccc1-c1ccc2ccccc2n1.[c-]1ccccc1-c1ccc2ccccc2n1.[c-]1ccccc1-c1ccc2ccccc2n1. The minimum atomic E-state index is -0.995. The second-order valence-electron chi connectivity index (χ2n) is 31.2. The molecule has 23 heteroatoms. The number of aromatic carboxylic acids is 2. The third-order valence-electron chi connectivity index (χ3n) is 19.1. The van der Waals surface area contributed by atoms with Gasteiger partial charge in [0.25, 0.3) is 5.97 Å². The number of benzene rings is 11. The molecular weight excluding hydrogens is 2580 g/mol. The van der Waals surface area contributed by atoms with Gasteiger partial charge in [0.2, 0.25) is 0 Å². The van der Waals surface area contributed by atoms with Gasteiger partial charge in [0, 0.05) is 135 Å². The molecule has 18 aromatic rings. The number of hydrogen-bond acceptors (Lipinski definition) is 14. The van der Waals surface area contributed by atoms with Crippen molar-refractivity contribution in [1.82, 2.24) is 34.9 Å². The van der Waals surface area contributed by atoms with Crippen LogP contribution < -0.4 is 0 Å². The van der Waals surface area contributed by atoms with Crippen molar-refractivity contribution in [2.75, 3.05) is 6.54 Å². The Morgan fingerprint density at radius 2 is 0.593 bits per heavy atom. The quantitative estimate of drug-likeness (QED) is 0.0483. The van der Waals surface area contributed by atoms with E-state index < -0.39 is 29.4 Å². The van der Waals surface area contributed by atoms with Crippen LogP contribution in [-0.2, 0) is 115 Å². The molecule has 1 fully saturated rings. The number of hydrogen-bond donors (Lipinski definition) is 5. The maximum Gasteiger partial charge on any atom is 0.354 e. The first-order valence-corrected chi connectivity index (χ1v) is 41.8. The molecule has 697 valence electrons. The number of carbonyl (C=O) groups is 5. The number of fused-ring (bicyclic) bond motifs is 6. The molecule has 5 N–H and O–H groups in total. The molecular formula is C112H98Ir5N8O10-6. The van der Waals surface area contributed by atoms with E-state index in [-0.39, 0.29) is 140 Å². The zero-order valence-electron chi connectivity index (χ0n) is 75.0. The number of carbonyl (C=O) groups excluding carboxylic acids is 2. The standard InChI is InChI=1S/5C15H10N.C11H20O2.C10H7NO2.C6H5NO2.C5H8NO2.C5H8O2.5Ir/c5*1-2-6-12(7-3-1)15-11-10-13-8-4-5-9-14(13)16-15;1-10(2,3)8(12)7-9(13)11(4,5)6;12-10(13)9-6-5-7-3-1-2-4-8(7)11-9;8-6(9)5-3-1-2-4-7-5;7-5(8)4-2-1-3-6-4;1-4(6)3-5(2)7;;;;;/h5*1-6,8-11H;7,12H,1-6H3;1-6H,(H,12,13);1-4H,(H,8,9);4H,1-3H2,(H,7,8);3,6H,1-2H3;;;;;/q5*-1;;;;-1;;;;;;. The Bertz CT molecular complexity index is 6130. The number of para-hydroxylation sites is 6. The van der Waals surface area contributed by atoms with E-state index in [1.807, 2.05) is 302 Å². The number of aliphatic hydroxyl groups excluding tert-OH is 2. The molecule has 0 aliphatic carbocycles. The van der Waals surface area contributed by atoms with E-state index in [2.05, 4.69) is 131 Å². The monoisotopic (exact) mass is 2680 g/mol. The summed E-state index contributed by atoms with van der Waals surface area (Å²) in [4.78, 5) is 83.0. The Labute approximate surface area is 854 Å². The van der Waals surface area contributed by atoms with Crippen molar-refractivity contribution in [2.24, 2.45) is 10.8 Å². The summed E-state index contributed by atoms with van der Waals surface area (Å²) in [7, 11) is 0. The second kappa shape index (κ2) is 58.3. The molecule has 8 heterocycles. The molecule has 11 aromatic carbocycles. The summed E-state index contributed by atoms with van der Waals surface area (Å²) in [6, 6.07) is 132. The van der Waals surface area contributed by atoms with Crippen LogP contribution in [0.2, 0.25) is 0 Å². The Hall–Kier alpha value is -12.9. The first-order chi connectivity index (χ1) is 62.7. The maximum atomic E-state index is 11.5. The predicted octanol–water partition coefficient (Wildman–Crippen LogP) is 25.9. The topological polar surface area (TPSA) is 291 Å². The number of aromatic nitrogens is 7. The minimum Gasteiger partial charge on any atom is -0.650 e. The maximum absolute atomic E-state index is 11.5. The number of carboxylic acid groups (broad SMARTS) is 3. The first-order valence-electron chi connectivity index (χ1n) is 41.8. The fourth-order valence-corrected chi connectivity index (χ4v) is 12.2. The number of rotatable bonds is 10. The Morgan fingerprint density at radius 3 is 0.793 bits per heavy atom. The molecule has 7 aromatic heterocycles. The summed E-state index contributed by atoms with van der Waals surface area (Å²) in [5.74, 6) is -2.72. The number of aliphatic hydroxyl groups is 2. The smallest absolute Gasteiger partial charge is 0.354 e. The van der Waals surface area contributed by atoms with Crippen LogP contribution in [0.15, 0.2) is 388 Å². The molecule has 18 nitrogen and oxygen atoms in total. The molecule has 0 spiro atoms. The summed E-state index contributed by atoms with van der Waals surface area (Å²) in [5, 5.41) is 53.9. The van der Waals surface area contributed by atoms with Crippen molar-refractivity contribution in [2.45, 2.75) is 74.3 Å². The Kier molecular flexibility index (Phi) is 48.6. The summed E-state index contributed by atoms with van der Waals surface area (Å²) in [6.45, 7) is 14.7. The van der Waals surface area contributed by atoms with Crippen molar-refractivity contribution in [3.8, 4) is 56.3 Å². The van der Waals surface area contributed by atoms with Crippen molar-refractivity contribution < 1.29 is 150 Å². The number of aliphatic carboxylic acids is 1. The van der Waals surface area contributed by atoms with Gasteiger partial charge in [-0.1, -0.05) is 236 Å². The van der Waals surface area contributed by atoms with Gasteiger partial charge in [-0.05, 0) is 130 Å². The largest absolute Gasteiger partial charge is 0.650 e. The van der Waals surface area contributed by atoms with Crippen LogP contribution in [0.4, 0.5) is 0 Å². The normalized spacial score (nSPS) is 11.5. The second-order valence-corrected chi connectivity index (χ2v) is 31.2. The van der Waals surface area contributed by atoms with Crippen LogP contribution in [0.25, 0.3) is 127 Å². The van der Waals surface area contributed by atoms with Gasteiger partial charge >= 0.3 is 11.9 Å². The predicted molar refractivity (Wildman–Crippen MR) is 521 cm³/mol. The van der Waals surface area contributed by atoms with Crippen LogP contribution >= 0.6 is 0 Å². The average molecular weight is 2680 g/mol. The van der Waals surface area contributed by atoms with E-state index in [4.69, 9.17) is 20.4 Å². The van der Waals surface area contributed by atoms with E-state index in [1.54, 1.807) is 24.3 Å². The number of carboxylic acids is 3. The zero-order chi connectivity index (χ0) is 92.6. The average Bonchev–Trinajstić information content (AvgIpc) is 1.09. The van der Waals surface area contributed by atoms with E-state index >= 15 is 0 Å². The van der Waals surface area contributed by atoms with Gasteiger partial charge < -0.3 is 30.8 Å². The molecule has 1 saturated heterocycles. The molecule has 1 aliphatic heterocycles. The molecule has 0 amide bonds. The van der Waals surface area contributed by atoms with Crippen LogP contribution in [0, 0.1) is 41.2 Å². The number of allylic oxidation sites excluding steroid dienone is 4. The van der Waals surface area contributed by atoms with Gasteiger partial charge in [0.15, 0.2) is 11.6 Å². The van der Waals surface area contributed by atoms with Gasteiger partial charge in [-0.25, -0.2) is 19.6 Å².